The van der Waals surface area contributed by atoms with E-state index in [2.05, 4.69) is 4.99 Å². The highest BCUT2D eigenvalue weighted by Gasteiger charge is 2.55. The van der Waals surface area contributed by atoms with Gasteiger partial charge in [0.05, 0.1) is 33.1 Å². The molecule has 2 bridgehead atoms. The van der Waals surface area contributed by atoms with Crippen molar-refractivity contribution in [3.63, 3.8) is 0 Å². The number of rotatable bonds is 11. The number of benzene rings is 1. The van der Waals surface area contributed by atoms with Gasteiger partial charge in [-0.05, 0) is 62.5 Å². The van der Waals surface area contributed by atoms with Gasteiger partial charge in [-0.2, -0.15) is 13.2 Å². The molecule has 3 aliphatic carbocycles. The number of carbonyl (C=O) groups is 3. The van der Waals surface area contributed by atoms with Gasteiger partial charge in [0.1, 0.15) is 17.4 Å². The second kappa shape index (κ2) is 12.0. The molecule has 1 aromatic rings. The molecule has 7 nitrogen and oxygen atoms in total. The van der Waals surface area contributed by atoms with Crippen LogP contribution >= 0.6 is 23.2 Å². The Bertz CT molecular complexity index is 1220. The molecule has 226 valence electrons. The fourth-order valence-corrected chi connectivity index (χ4v) is 6.26. The molecule has 0 heterocycles. The van der Waals surface area contributed by atoms with Crippen LogP contribution in [0.25, 0.3) is 0 Å². The molecule has 1 atom stereocenters. The quantitative estimate of drug-likeness (QED) is 0.157. The van der Waals surface area contributed by atoms with Gasteiger partial charge in [0.15, 0.2) is 5.78 Å². The Hall–Kier alpha value is -2.53. The van der Waals surface area contributed by atoms with Crippen LogP contribution in [0.2, 0.25) is 10.0 Å². The van der Waals surface area contributed by atoms with Crippen LogP contribution in [0, 0.1) is 28.0 Å². The second-order valence-corrected chi connectivity index (χ2v) is 12.6. The molecule has 0 aliphatic heterocycles. The molecule has 41 heavy (non-hydrogen) atoms. The molecule has 3 saturated carbocycles. The molecule has 0 spiro atoms. The maximum absolute atomic E-state index is 14.5. The third-order valence-corrected chi connectivity index (χ3v) is 9.14. The minimum atomic E-state index is -5.08. The van der Waals surface area contributed by atoms with Gasteiger partial charge in [-0.1, -0.05) is 44.0 Å². The predicted molar refractivity (Wildman–Crippen MR) is 148 cm³/mol. The number of fused-ring (bicyclic) bond motifs is 3. The average Bonchev–Trinajstić information content (AvgIpc) is 2.87. The van der Waals surface area contributed by atoms with Crippen molar-refractivity contribution in [2.45, 2.75) is 77.4 Å². The molecule has 3 aliphatic rings. The largest absolute Gasteiger partial charge is 0.481 e. The molecule has 1 aromatic carbocycles. The normalized spacial score (nSPS) is 23.7. The Balaban J connectivity index is 2.01. The highest BCUT2D eigenvalue weighted by Crippen LogP contribution is 2.54. The SMILES string of the molecule is CCC(C)(C)CN(CC(=O)c1c(Cl)cc(F)cc1Cl)C(=O)C(C=N)C(=NC12CCC(C(=O)O)(CC1)CC2)C(F)(F)F. The smallest absolute Gasteiger partial charge is 0.430 e. The van der Waals surface area contributed by atoms with E-state index < -0.39 is 64.2 Å². The van der Waals surface area contributed by atoms with Crippen molar-refractivity contribution in [3.8, 4) is 0 Å². The van der Waals surface area contributed by atoms with Gasteiger partial charge in [0.25, 0.3) is 0 Å². The topological polar surface area (TPSA) is 111 Å². The Morgan fingerprint density at radius 3 is 2.02 bits per heavy atom. The predicted octanol–water partition coefficient (Wildman–Crippen LogP) is 7.03. The van der Waals surface area contributed by atoms with Gasteiger partial charge >= 0.3 is 12.1 Å². The lowest BCUT2D eigenvalue weighted by atomic mass is 9.57. The summed E-state index contributed by atoms with van der Waals surface area (Å²) in [6.45, 7) is 4.51. The van der Waals surface area contributed by atoms with Crippen LogP contribution in [0.3, 0.4) is 0 Å². The lowest BCUT2D eigenvalue weighted by molar-refractivity contribution is -0.156. The molecule has 1 amide bonds. The highest BCUT2D eigenvalue weighted by atomic mass is 35.5. The van der Waals surface area contributed by atoms with Crippen LogP contribution in [-0.4, -0.2) is 64.4 Å². The van der Waals surface area contributed by atoms with Gasteiger partial charge in [0.2, 0.25) is 5.91 Å². The fraction of sp³-hybridized carbons (Fsp3) is 0.607. The number of nitrogens with zero attached hydrogens (tertiary/aromatic N) is 2. The Kier molecular flexibility index (Phi) is 9.64. The van der Waals surface area contributed by atoms with Gasteiger partial charge in [0, 0.05) is 12.8 Å². The fourth-order valence-electron chi connectivity index (χ4n) is 5.58. The minimum Gasteiger partial charge on any atom is -0.481 e. The molecule has 1 unspecified atom stereocenters. The van der Waals surface area contributed by atoms with Crippen LogP contribution in [0.1, 0.15) is 76.1 Å². The summed E-state index contributed by atoms with van der Waals surface area (Å²) in [5, 5.41) is 16.8. The minimum absolute atomic E-state index is 0.115. The number of hydrogen-bond acceptors (Lipinski definition) is 5. The average molecular weight is 622 g/mol. The van der Waals surface area contributed by atoms with Crippen LogP contribution in [0.15, 0.2) is 17.1 Å². The number of alkyl halides is 3. The lowest BCUT2D eigenvalue weighted by Crippen LogP contribution is -2.52. The number of nitrogens with one attached hydrogen (secondary N) is 1. The van der Waals surface area contributed by atoms with Crippen molar-refractivity contribution in [3.05, 3.63) is 33.6 Å². The summed E-state index contributed by atoms with van der Waals surface area (Å²) in [7, 11) is 0. The van der Waals surface area contributed by atoms with Gasteiger partial charge in [-0.3, -0.25) is 19.4 Å². The summed E-state index contributed by atoms with van der Waals surface area (Å²) in [6, 6.07) is 1.73. The number of aliphatic carboxylic acids is 1. The number of amides is 1. The van der Waals surface area contributed by atoms with E-state index in [0.29, 0.717) is 12.6 Å². The van der Waals surface area contributed by atoms with Crippen molar-refractivity contribution in [1.29, 1.82) is 5.41 Å². The molecule has 2 N–H and O–H groups in total. The van der Waals surface area contributed by atoms with E-state index in [-0.39, 0.29) is 60.7 Å². The number of carbonyl (C=O) groups excluding carboxylic acids is 2. The number of carboxylic acids is 1. The summed E-state index contributed by atoms with van der Waals surface area (Å²) in [5.74, 6) is -5.87. The van der Waals surface area contributed by atoms with E-state index in [1.54, 1.807) is 13.8 Å². The van der Waals surface area contributed by atoms with Crippen LogP contribution in [0.5, 0.6) is 0 Å². The summed E-state index contributed by atoms with van der Waals surface area (Å²) in [6.07, 6.45) is -3.34. The third-order valence-electron chi connectivity index (χ3n) is 8.54. The summed E-state index contributed by atoms with van der Waals surface area (Å²) in [5.41, 5.74) is -4.52. The van der Waals surface area contributed by atoms with E-state index in [9.17, 15) is 37.1 Å². The van der Waals surface area contributed by atoms with Gasteiger partial charge in [-0.25, -0.2) is 4.39 Å². The first kappa shape index (κ1) is 33.0. The van der Waals surface area contributed by atoms with Crippen molar-refractivity contribution in [2.24, 2.45) is 21.7 Å². The van der Waals surface area contributed by atoms with E-state index in [4.69, 9.17) is 28.6 Å². The molecule has 13 heteroatoms. The monoisotopic (exact) mass is 621 g/mol. The zero-order valence-corrected chi connectivity index (χ0v) is 24.5. The lowest BCUT2D eigenvalue weighted by Gasteiger charge is -2.49. The summed E-state index contributed by atoms with van der Waals surface area (Å²) < 4.78 is 57.2. The number of Topliss-reactive ketones (excluding diaryl/α,β-unsaturated/α-hetero) is 1. The highest BCUT2D eigenvalue weighted by molar-refractivity contribution is 6.40. The standard InChI is InChI=1S/C28H33Cl2F4N3O4/c1-4-25(2,3)15-37(14-20(38)21-18(29)11-16(31)12-19(21)30)23(39)17(13-35)22(28(32,33)34)36-27-8-5-26(6-9-27,7-10-27)24(40)41/h11-13,17,35H,4-10,14-15H2,1-3H3,(H,40,41). The Morgan fingerprint density at radius 2 is 1.61 bits per heavy atom. The first-order valence-electron chi connectivity index (χ1n) is 13.3. The number of ketones is 1. The second-order valence-electron chi connectivity index (χ2n) is 11.8. The van der Waals surface area contributed by atoms with Crippen LogP contribution in [0.4, 0.5) is 17.6 Å². The maximum Gasteiger partial charge on any atom is 0.430 e. The number of hydrogen-bond donors (Lipinski definition) is 2. The van der Waals surface area contributed by atoms with E-state index in [1.807, 2.05) is 6.92 Å². The van der Waals surface area contributed by atoms with E-state index in [0.717, 1.165) is 17.0 Å². The molecule has 0 aromatic heterocycles. The van der Waals surface area contributed by atoms with Crippen molar-refractivity contribution in [1.82, 2.24) is 4.90 Å². The number of aliphatic imine (C=N–C) groups is 1. The van der Waals surface area contributed by atoms with Crippen molar-refractivity contribution < 1.29 is 37.1 Å². The third kappa shape index (κ3) is 7.10. The van der Waals surface area contributed by atoms with Crippen LogP contribution in [-0.2, 0) is 9.59 Å². The summed E-state index contributed by atoms with van der Waals surface area (Å²) in [4.78, 5) is 43.8. The zero-order chi connectivity index (χ0) is 31.0. The van der Waals surface area contributed by atoms with E-state index in [1.165, 1.54) is 0 Å². The zero-order valence-electron chi connectivity index (χ0n) is 23.0. The first-order valence-corrected chi connectivity index (χ1v) is 14.0. The molecule has 3 fully saturated rings. The van der Waals surface area contributed by atoms with Crippen molar-refractivity contribution in [2.75, 3.05) is 13.1 Å². The van der Waals surface area contributed by atoms with Crippen LogP contribution < -0.4 is 0 Å². The number of carboxylic acid groups (broad SMARTS) is 1. The molecular weight excluding hydrogens is 589 g/mol. The summed E-state index contributed by atoms with van der Waals surface area (Å²) >= 11 is 12.1. The Morgan fingerprint density at radius 1 is 1.10 bits per heavy atom. The Labute approximate surface area is 245 Å². The molecular formula is C28H33Cl2F4N3O4. The number of halogens is 6. The molecule has 0 radical (unpaired) electrons. The maximum atomic E-state index is 14.5. The van der Waals surface area contributed by atoms with Gasteiger partial charge in [-0.15, -0.1) is 0 Å². The molecule has 0 saturated heterocycles. The molecule has 4 rings (SSSR count). The van der Waals surface area contributed by atoms with Gasteiger partial charge < -0.3 is 15.4 Å². The van der Waals surface area contributed by atoms with Crippen molar-refractivity contribution >= 4 is 52.8 Å². The van der Waals surface area contributed by atoms with E-state index >= 15 is 0 Å². The first-order chi connectivity index (χ1) is 18.9.